The number of ether oxygens (including phenoxy) is 1. The molecule has 2 rings (SSSR count). The number of phenolic OH excluding ortho intramolecular Hbond substituents is 1. The number of methoxy groups -OCH3 is 1. The molecule has 0 aliphatic rings. The molecule has 0 radical (unpaired) electrons. The van der Waals surface area contributed by atoms with Crippen molar-refractivity contribution in [3.8, 4) is 11.5 Å². The van der Waals surface area contributed by atoms with Crippen molar-refractivity contribution in [2.24, 2.45) is 0 Å². The fourth-order valence-corrected chi connectivity index (χ4v) is 2.23. The first-order valence-corrected chi connectivity index (χ1v) is 6.88. The Hall–Kier alpha value is -2.46. The van der Waals surface area contributed by atoms with E-state index in [1.807, 2.05) is 19.1 Å². The maximum atomic E-state index is 11.5. The summed E-state index contributed by atoms with van der Waals surface area (Å²) in [6.07, 6.45) is 1.37. The van der Waals surface area contributed by atoms with Gasteiger partial charge < -0.3 is 14.9 Å². The largest absolute Gasteiger partial charge is 0.504 e. The van der Waals surface area contributed by atoms with E-state index in [2.05, 4.69) is 0 Å². The highest BCUT2D eigenvalue weighted by Gasteiger charge is 2.14. The number of carbonyl (C=O) groups is 1. The Morgan fingerprint density at radius 1 is 1.23 bits per heavy atom. The molecule has 0 amide bonds. The second-order valence-electron chi connectivity index (χ2n) is 4.78. The maximum Gasteiger partial charge on any atom is 0.336 e. The Kier molecular flexibility index (Phi) is 4.73. The quantitative estimate of drug-likeness (QED) is 0.661. The average molecular weight is 319 g/mol. The molecule has 0 aromatic heterocycles. The number of aryl methyl sites for hydroxylation is 1. The van der Waals surface area contributed by atoms with Crippen LogP contribution in [-0.4, -0.2) is 23.3 Å². The standard InChI is InChI=1S/C17H15ClO4/c1-10-3-5-11(6-4-10)14(17(20)21)8-12-7-13(18)9-15(22-2)16(12)19/h3-9,19H,1-2H3,(H,20,21)/b14-8-. The Morgan fingerprint density at radius 2 is 1.86 bits per heavy atom. The highest BCUT2D eigenvalue weighted by molar-refractivity contribution is 6.31. The molecule has 0 unspecified atom stereocenters. The van der Waals surface area contributed by atoms with E-state index in [0.29, 0.717) is 10.6 Å². The van der Waals surface area contributed by atoms with Gasteiger partial charge >= 0.3 is 5.97 Å². The van der Waals surface area contributed by atoms with Crippen LogP contribution in [0.1, 0.15) is 16.7 Å². The lowest BCUT2D eigenvalue weighted by molar-refractivity contribution is -0.130. The van der Waals surface area contributed by atoms with Gasteiger partial charge in [-0.1, -0.05) is 41.4 Å². The predicted octanol–water partition coefficient (Wildman–Crippen LogP) is 3.99. The van der Waals surface area contributed by atoms with Gasteiger partial charge in [0.25, 0.3) is 0 Å². The number of rotatable bonds is 4. The molecule has 2 N–H and O–H groups in total. The molecule has 0 atom stereocenters. The van der Waals surface area contributed by atoms with Crippen LogP contribution in [0.4, 0.5) is 0 Å². The van der Waals surface area contributed by atoms with Gasteiger partial charge in [-0.25, -0.2) is 4.79 Å². The summed E-state index contributed by atoms with van der Waals surface area (Å²) in [6, 6.07) is 10.0. The third-order valence-electron chi connectivity index (χ3n) is 3.18. The summed E-state index contributed by atoms with van der Waals surface area (Å²) >= 11 is 5.96. The molecule has 2 aromatic rings. The second-order valence-corrected chi connectivity index (χ2v) is 5.21. The minimum Gasteiger partial charge on any atom is -0.504 e. The van der Waals surface area contributed by atoms with Crippen molar-refractivity contribution in [3.63, 3.8) is 0 Å². The number of aromatic hydroxyl groups is 1. The van der Waals surface area contributed by atoms with Crippen LogP contribution in [0.3, 0.4) is 0 Å². The summed E-state index contributed by atoms with van der Waals surface area (Å²) in [6.45, 7) is 1.92. The first kappa shape index (κ1) is 15.9. The highest BCUT2D eigenvalue weighted by Crippen LogP contribution is 2.35. The molecule has 22 heavy (non-hydrogen) atoms. The third kappa shape index (κ3) is 3.40. The molecule has 114 valence electrons. The molecule has 4 nitrogen and oxygen atoms in total. The summed E-state index contributed by atoms with van der Waals surface area (Å²) in [7, 11) is 1.40. The lowest BCUT2D eigenvalue weighted by Crippen LogP contribution is -2.00. The fraction of sp³-hybridized carbons (Fsp3) is 0.118. The van der Waals surface area contributed by atoms with Crippen molar-refractivity contribution in [1.29, 1.82) is 0 Å². The van der Waals surface area contributed by atoms with Gasteiger partial charge in [0.15, 0.2) is 11.5 Å². The van der Waals surface area contributed by atoms with E-state index >= 15 is 0 Å². The summed E-state index contributed by atoms with van der Waals surface area (Å²) in [5.41, 5.74) is 1.90. The van der Waals surface area contributed by atoms with E-state index < -0.39 is 5.97 Å². The SMILES string of the molecule is COc1cc(Cl)cc(/C=C(\C(=O)O)c2ccc(C)cc2)c1O. The minimum absolute atomic E-state index is 0.0552. The molecular formula is C17H15ClO4. The summed E-state index contributed by atoms with van der Waals surface area (Å²) < 4.78 is 5.02. The third-order valence-corrected chi connectivity index (χ3v) is 3.40. The van der Waals surface area contributed by atoms with E-state index in [4.69, 9.17) is 16.3 Å². The molecule has 0 spiro atoms. The Bertz CT molecular complexity index is 733. The molecule has 0 bridgehead atoms. The van der Waals surface area contributed by atoms with Crippen molar-refractivity contribution in [1.82, 2.24) is 0 Å². The molecule has 5 heteroatoms. The molecule has 0 saturated carbocycles. The first-order valence-electron chi connectivity index (χ1n) is 6.51. The zero-order valence-electron chi connectivity index (χ0n) is 12.1. The van der Waals surface area contributed by atoms with Crippen LogP contribution in [-0.2, 0) is 4.79 Å². The van der Waals surface area contributed by atoms with E-state index in [9.17, 15) is 15.0 Å². The van der Waals surface area contributed by atoms with Crippen molar-refractivity contribution < 1.29 is 19.7 Å². The first-order chi connectivity index (χ1) is 10.4. The number of carboxylic acids is 1. The van der Waals surface area contributed by atoms with Crippen LogP contribution in [0.2, 0.25) is 5.02 Å². The van der Waals surface area contributed by atoms with Crippen LogP contribution in [0.15, 0.2) is 36.4 Å². The summed E-state index contributed by atoms with van der Waals surface area (Å²) in [5.74, 6) is -1.06. The molecule has 0 aliphatic heterocycles. The zero-order chi connectivity index (χ0) is 16.3. The van der Waals surface area contributed by atoms with Crippen molar-refractivity contribution >= 4 is 29.2 Å². The number of halogens is 1. The predicted molar refractivity (Wildman–Crippen MR) is 86.4 cm³/mol. The Labute approximate surface area is 133 Å². The lowest BCUT2D eigenvalue weighted by atomic mass is 10.0. The van der Waals surface area contributed by atoms with Gasteiger partial charge in [0.1, 0.15) is 0 Å². The van der Waals surface area contributed by atoms with E-state index in [1.54, 1.807) is 12.1 Å². The number of hydrogen-bond donors (Lipinski definition) is 2. The summed E-state index contributed by atoms with van der Waals surface area (Å²) in [4.78, 5) is 11.5. The van der Waals surface area contributed by atoms with Gasteiger partial charge in [-0.3, -0.25) is 0 Å². The van der Waals surface area contributed by atoms with Gasteiger partial charge in [0, 0.05) is 16.7 Å². The van der Waals surface area contributed by atoms with Crippen LogP contribution >= 0.6 is 11.6 Å². The van der Waals surface area contributed by atoms with Crippen LogP contribution in [0.25, 0.3) is 11.6 Å². The van der Waals surface area contributed by atoms with Crippen molar-refractivity contribution in [3.05, 3.63) is 58.1 Å². The van der Waals surface area contributed by atoms with Crippen LogP contribution in [0.5, 0.6) is 11.5 Å². The van der Waals surface area contributed by atoms with Gasteiger partial charge in [0.2, 0.25) is 0 Å². The summed E-state index contributed by atoms with van der Waals surface area (Å²) in [5, 5.41) is 19.9. The average Bonchev–Trinajstić information content (AvgIpc) is 2.48. The molecule has 0 aliphatic carbocycles. The molecule has 2 aromatic carbocycles. The molecule has 0 fully saturated rings. The van der Waals surface area contributed by atoms with Crippen LogP contribution < -0.4 is 4.74 Å². The smallest absolute Gasteiger partial charge is 0.336 e. The topological polar surface area (TPSA) is 66.8 Å². The van der Waals surface area contributed by atoms with Crippen molar-refractivity contribution in [2.45, 2.75) is 6.92 Å². The van der Waals surface area contributed by atoms with E-state index in [-0.39, 0.29) is 22.6 Å². The normalized spacial score (nSPS) is 11.3. The number of aliphatic carboxylic acids is 1. The van der Waals surface area contributed by atoms with E-state index in [0.717, 1.165) is 5.56 Å². The number of phenols is 1. The number of hydrogen-bond acceptors (Lipinski definition) is 3. The Morgan fingerprint density at radius 3 is 2.41 bits per heavy atom. The maximum absolute atomic E-state index is 11.5. The number of carboxylic acid groups (broad SMARTS) is 1. The molecular weight excluding hydrogens is 304 g/mol. The fourth-order valence-electron chi connectivity index (χ4n) is 2.02. The minimum atomic E-state index is -1.10. The van der Waals surface area contributed by atoms with E-state index in [1.165, 1.54) is 25.3 Å². The van der Waals surface area contributed by atoms with Crippen molar-refractivity contribution in [2.75, 3.05) is 7.11 Å². The van der Waals surface area contributed by atoms with Gasteiger partial charge in [0.05, 0.1) is 12.7 Å². The van der Waals surface area contributed by atoms with Gasteiger partial charge in [-0.15, -0.1) is 0 Å². The molecule has 0 heterocycles. The molecule has 0 saturated heterocycles. The van der Waals surface area contributed by atoms with Crippen LogP contribution in [0, 0.1) is 6.92 Å². The zero-order valence-corrected chi connectivity index (χ0v) is 12.9. The highest BCUT2D eigenvalue weighted by atomic mass is 35.5. The van der Waals surface area contributed by atoms with Gasteiger partial charge in [-0.2, -0.15) is 0 Å². The second kappa shape index (κ2) is 6.54. The number of benzene rings is 2. The van der Waals surface area contributed by atoms with Gasteiger partial charge in [-0.05, 0) is 24.6 Å². The lowest BCUT2D eigenvalue weighted by Gasteiger charge is -2.09. The Balaban J connectivity index is 2.58. The monoisotopic (exact) mass is 318 g/mol.